The number of aromatic nitrogens is 2. The molecule has 154 valence electrons. The summed E-state index contributed by atoms with van der Waals surface area (Å²) in [6.45, 7) is 2.75. The zero-order valence-electron chi connectivity index (χ0n) is 15.0. The number of carboxylic acids is 1. The topological polar surface area (TPSA) is 107 Å². The SMILES string of the molecule is O=C(O)C(F)(F)F.Oc1ccc(-c2cc(OCC3CNC3)c3cn[nH]c3c2)cc1. The van der Waals surface area contributed by atoms with Gasteiger partial charge in [-0.25, -0.2) is 4.79 Å². The summed E-state index contributed by atoms with van der Waals surface area (Å²) in [5, 5.41) is 27.9. The summed E-state index contributed by atoms with van der Waals surface area (Å²) in [4.78, 5) is 8.90. The average molecular weight is 409 g/mol. The van der Waals surface area contributed by atoms with Crippen LogP contribution >= 0.6 is 0 Å². The van der Waals surface area contributed by atoms with E-state index < -0.39 is 12.1 Å². The van der Waals surface area contributed by atoms with Crippen LogP contribution in [0.15, 0.2) is 42.6 Å². The number of benzene rings is 2. The van der Waals surface area contributed by atoms with Gasteiger partial charge < -0.3 is 20.3 Å². The van der Waals surface area contributed by atoms with Gasteiger partial charge in [0.1, 0.15) is 11.5 Å². The molecule has 0 atom stereocenters. The first-order chi connectivity index (χ1) is 13.7. The molecule has 2 heterocycles. The fourth-order valence-electron chi connectivity index (χ4n) is 2.63. The van der Waals surface area contributed by atoms with Crippen molar-refractivity contribution in [2.45, 2.75) is 6.18 Å². The van der Waals surface area contributed by atoms with Crippen molar-refractivity contribution in [1.29, 1.82) is 0 Å². The van der Waals surface area contributed by atoms with E-state index in [-0.39, 0.29) is 5.75 Å². The highest BCUT2D eigenvalue weighted by atomic mass is 19.4. The Bertz CT molecular complexity index is 983. The van der Waals surface area contributed by atoms with Crippen LogP contribution in [0.4, 0.5) is 13.2 Å². The lowest BCUT2D eigenvalue weighted by atomic mass is 10.0. The Balaban J connectivity index is 0.000000298. The maximum atomic E-state index is 10.6. The Kier molecular flexibility index (Phi) is 5.92. The van der Waals surface area contributed by atoms with Gasteiger partial charge in [0.15, 0.2) is 0 Å². The van der Waals surface area contributed by atoms with E-state index in [2.05, 4.69) is 15.5 Å². The molecule has 2 aromatic carbocycles. The van der Waals surface area contributed by atoms with E-state index in [0.717, 1.165) is 40.9 Å². The van der Waals surface area contributed by atoms with Gasteiger partial charge in [0.2, 0.25) is 0 Å². The first-order valence-corrected chi connectivity index (χ1v) is 8.64. The van der Waals surface area contributed by atoms with Gasteiger partial charge >= 0.3 is 12.1 Å². The number of rotatable bonds is 4. The average Bonchev–Trinajstić information content (AvgIpc) is 3.09. The number of alkyl halides is 3. The number of aromatic hydroxyl groups is 1. The van der Waals surface area contributed by atoms with Crippen LogP contribution in [0.25, 0.3) is 22.0 Å². The third-order valence-electron chi connectivity index (χ3n) is 4.30. The summed E-state index contributed by atoms with van der Waals surface area (Å²) >= 11 is 0. The van der Waals surface area contributed by atoms with Crippen LogP contribution in [0.2, 0.25) is 0 Å². The number of carbonyl (C=O) groups is 1. The predicted octanol–water partition coefficient (Wildman–Crippen LogP) is 3.17. The molecule has 1 fully saturated rings. The van der Waals surface area contributed by atoms with E-state index >= 15 is 0 Å². The molecule has 0 amide bonds. The van der Waals surface area contributed by atoms with Crippen LogP contribution in [0, 0.1) is 5.92 Å². The van der Waals surface area contributed by atoms with Gasteiger partial charge in [0, 0.05) is 19.0 Å². The van der Waals surface area contributed by atoms with Gasteiger partial charge in [-0.15, -0.1) is 0 Å². The molecular formula is C19H18F3N3O4. The molecular weight excluding hydrogens is 391 g/mol. The second-order valence-electron chi connectivity index (χ2n) is 6.49. The monoisotopic (exact) mass is 409 g/mol. The molecule has 4 rings (SSSR count). The number of H-pyrrole nitrogens is 1. The summed E-state index contributed by atoms with van der Waals surface area (Å²) in [5.74, 6) is -1.06. The van der Waals surface area contributed by atoms with Crippen LogP contribution in [0.1, 0.15) is 0 Å². The number of halogens is 3. The molecule has 7 nitrogen and oxygen atoms in total. The van der Waals surface area contributed by atoms with Crippen molar-refractivity contribution in [2.75, 3.05) is 19.7 Å². The second-order valence-corrected chi connectivity index (χ2v) is 6.49. The maximum Gasteiger partial charge on any atom is 0.490 e. The van der Waals surface area contributed by atoms with E-state index in [1.165, 1.54) is 0 Å². The molecule has 0 unspecified atom stereocenters. The molecule has 1 aliphatic heterocycles. The van der Waals surface area contributed by atoms with E-state index in [0.29, 0.717) is 12.5 Å². The van der Waals surface area contributed by atoms with Gasteiger partial charge in [-0.2, -0.15) is 18.3 Å². The smallest absolute Gasteiger partial charge is 0.490 e. The standard InChI is InChI=1S/C17H17N3O2.C2HF3O2/c21-14-3-1-12(2-4-14)13-5-16-15(9-19-20-16)17(6-13)22-10-11-7-18-8-11;3-2(4,5)1(6)7/h1-6,9,11,18,21H,7-8,10H2,(H,19,20);(H,6,7). The normalized spacial score (nSPS) is 14.0. The molecule has 0 spiro atoms. The van der Waals surface area contributed by atoms with Crippen molar-refractivity contribution in [2.24, 2.45) is 5.92 Å². The predicted molar refractivity (Wildman–Crippen MR) is 98.7 cm³/mol. The van der Waals surface area contributed by atoms with E-state index in [4.69, 9.17) is 14.6 Å². The number of hydrogen-bond acceptors (Lipinski definition) is 5. The van der Waals surface area contributed by atoms with Gasteiger partial charge in [-0.1, -0.05) is 12.1 Å². The fourth-order valence-corrected chi connectivity index (χ4v) is 2.63. The van der Waals surface area contributed by atoms with Gasteiger partial charge in [-0.3, -0.25) is 5.10 Å². The lowest BCUT2D eigenvalue weighted by molar-refractivity contribution is -0.192. The van der Waals surface area contributed by atoms with Crippen molar-refractivity contribution in [1.82, 2.24) is 15.5 Å². The van der Waals surface area contributed by atoms with Gasteiger partial charge in [0.05, 0.1) is 23.7 Å². The van der Waals surface area contributed by atoms with Gasteiger partial charge in [0.25, 0.3) is 0 Å². The summed E-state index contributed by atoms with van der Waals surface area (Å²) in [6, 6.07) is 11.3. The Morgan fingerprint density at radius 2 is 1.83 bits per heavy atom. The van der Waals surface area contributed by atoms with Crippen molar-refractivity contribution in [3.05, 3.63) is 42.6 Å². The molecule has 1 saturated heterocycles. The zero-order chi connectivity index (χ0) is 21.0. The summed E-state index contributed by atoms with van der Waals surface area (Å²) < 4.78 is 37.8. The highest BCUT2D eigenvalue weighted by Crippen LogP contribution is 2.32. The number of fused-ring (bicyclic) bond motifs is 1. The third kappa shape index (κ3) is 5.17. The molecule has 0 bridgehead atoms. The first kappa shape index (κ1) is 20.5. The van der Waals surface area contributed by atoms with E-state index in [1.54, 1.807) is 18.3 Å². The first-order valence-electron chi connectivity index (χ1n) is 8.64. The van der Waals surface area contributed by atoms with Crippen LogP contribution in [0.3, 0.4) is 0 Å². The molecule has 0 aliphatic carbocycles. The summed E-state index contributed by atoms with van der Waals surface area (Å²) in [6.07, 6.45) is -3.29. The number of phenols is 1. The van der Waals surface area contributed by atoms with Crippen LogP contribution in [-0.2, 0) is 4.79 Å². The summed E-state index contributed by atoms with van der Waals surface area (Å²) in [5.41, 5.74) is 3.02. The van der Waals surface area contributed by atoms with Crippen molar-refractivity contribution >= 4 is 16.9 Å². The van der Waals surface area contributed by atoms with Crippen molar-refractivity contribution in [3.63, 3.8) is 0 Å². The number of aromatic amines is 1. The lowest BCUT2D eigenvalue weighted by Gasteiger charge is -2.27. The van der Waals surface area contributed by atoms with Crippen LogP contribution in [-0.4, -0.2) is 52.3 Å². The Labute approximate surface area is 163 Å². The zero-order valence-corrected chi connectivity index (χ0v) is 15.0. The van der Waals surface area contributed by atoms with Crippen molar-refractivity contribution in [3.8, 4) is 22.6 Å². The molecule has 3 aromatic rings. The lowest BCUT2D eigenvalue weighted by Crippen LogP contribution is -2.45. The summed E-state index contributed by atoms with van der Waals surface area (Å²) in [7, 11) is 0. The van der Waals surface area contributed by atoms with E-state index in [1.807, 2.05) is 24.3 Å². The maximum absolute atomic E-state index is 10.6. The number of ether oxygens (including phenoxy) is 1. The highest BCUT2D eigenvalue weighted by Gasteiger charge is 2.38. The number of nitrogens with one attached hydrogen (secondary N) is 2. The Morgan fingerprint density at radius 1 is 1.17 bits per heavy atom. The number of nitrogens with zero attached hydrogens (tertiary/aromatic N) is 1. The molecule has 0 radical (unpaired) electrons. The molecule has 4 N–H and O–H groups in total. The van der Waals surface area contributed by atoms with E-state index in [9.17, 15) is 18.3 Å². The third-order valence-corrected chi connectivity index (χ3v) is 4.30. The number of phenolic OH excluding ortho intramolecular Hbond substituents is 1. The van der Waals surface area contributed by atoms with Crippen LogP contribution < -0.4 is 10.1 Å². The second kappa shape index (κ2) is 8.39. The van der Waals surface area contributed by atoms with Crippen molar-refractivity contribution < 1.29 is 32.9 Å². The minimum Gasteiger partial charge on any atom is -0.508 e. The number of hydrogen-bond donors (Lipinski definition) is 4. The molecule has 10 heteroatoms. The highest BCUT2D eigenvalue weighted by molar-refractivity contribution is 5.89. The Morgan fingerprint density at radius 3 is 2.38 bits per heavy atom. The molecule has 1 aliphatic rings. The molecule has 1 aromatic heterocycles. The molecule has 0 saturated carbocycles. The number of carboxylic acid groups (broad SMARTS) is 1. The van der Waals surface area contributed by atoms with Crippen LogP contribution in [0.5, 0.6) is 11.5 Å². The largest absolute Gasteiger partial charge is 0.508 e. The minimum atomic E-state index is -5.08. The molecule has 29 heavy (non-hydrogen) atoms. The van der Waals surface area contributed by atoms with Gasteiger partial charge in [-0.05, 0) is 35.4 Å². The number of aliphatic carboxylic acids is 1. The fraction of sp³-hybridized carbons (Fsp3) is 0.263. The quantitative estimate of drug-likeness (QED) is 0.527. The Hall–Kier alpha value is -3.27. The minimum absolute atomic E-state index is 0.264.